The topological polar surface area (TPSA) is 35.9 Å². The summed E-state index contributed by atoms with van der Waals surface area (Å²) in [6.07, 6.45) is 1.81. The summed E-state index contributed by atoms with van der Waals surface area (Å²) in [5.41, 5.74) is 2.10. The van der Waals surface area contributed by atoms with Gasteiger partial charge in [-0.05, 0) is 0 Å². The third-order valence-corrected chi connectivity index (χ3v) is 6.88. The molecule has 0 bridgehead atoms. The molecule has 1 fully saturated rings. The van der Waals surface area contributed by atoms with E-state index in [2.05, 4.69) is 4.90 Å². The van der Waals surface area contributed by atoms with E-state index in [1.165, 1.54) is 10.6 Å². The first-order valence-corrected chi connectivity index (χ1v) is 11.8. The molecule has 2 aromatic carbocycles. The van der Waals surface area contributed by atoms with E-state index in [0.717, 1.165) is 24.3 Å². The summed E-state index contributed by atoms with van der Waals surface area (Å²) in [5.74, 6) is 0.580. The van der Waals surface area contributed by atoms with Crippen molar-refractivity contribution in [3.63, 3.8) is 0 Å². The van der Waals surface area contributed by atoms with Gasteiger partial charge in [-0.15, -0.1) is 0 Å². The normalized spacial score (nSPS) is 19.0. The Balaban J connectivity index is 1.73. The van der Waals surface area contributed by atoms with Crippen LogP contribution in [0.4, 0.5) is 5.69 Å². The second kappa shape index (κ2) is 8.07. The van der Waals surface area contributed by atoms with Crippen LogP contribution in [-0.2, 0) is 4.79 Å². The van der Waals surface area contributed by atoms with E-state index in [1.54, 1.807) is 17.0 Å². The summed E-state index contributed by atoms with van der Waals surface area (Å²) in [7, 11) is 0. The Morgan fingerprint density at radius 2 is 1.52 bits per heavy atom. The van der Waals surface area contributed by atoms with Crippen molar-refractivity contribution >= 4 is 61.8 Å². The molecule has 27 heavy (non-hydrogen) atoms. The number of nitrogens with zero attached hydrogens (tertiary/aromatic N) is 3. The van der Waals surface area contributed by atoms with Gasteiger partial charge < -0.3 is 0 Å². The molecule has 1 amide bonds. The fourth-order valence-electron chi connectivity index (χ4n) is 3.02. The average molecular weight is 465 g/mol. The van der Waals surface area contributed by atoms with E-state index in [0.29, 0.717) is 36.7 Å². The Hall–Kier alpha value is -1.78. The Kier molecular flexibility index (Phi) is 5.55. The van der Waals surface area contributed by atoms with E-state index in [1.807, 2.05) is 42.5 Å². The molecular weight excluding hydrogens is 448 g/mol. The number of carbonyl (C=O) groups is 1. The van der Waals surface area contributed by atoms with Gasteiger partial charge in [0.15, 0.2) is 0 Å². The summed E-state index contributed by atoms with van der Waals surface area (Å²) in [5, 5.41) is 3.65. The SMILES string of the molecule is O=C1/C(=C/c2ccc(Cl)cc2)N=C(N2CC[Se]CC2)N1c1ccc(Cl)cc1. The number of carbonyl (C=O) groups excluding carboxylic acids is 1. The molecular formula is C20H17Cl2N3OSe. The van der Waals surface area contributed by atoms with E-state index >= 15 is 0 Å². The van der Waals surface area contributed by atoms with Crippen LogP contribution in [0.15, 0.2) is 59.2 Å². The van der Waals surface area contributed by atoms with Gasteiger partial charge in [0, 0.05) is 0 Å². The van der Waals surface area contributed by atoms with E-state index < -0.39 is 0 Å². The van der Waals surface area contributed by atoms with E-state index in [9.17, 15) is 4.79 Å². The van der Waals surface area contributed by atoms with Crippen molar-refractivity contribution in [1.82, 2.24) is 4.90 Å². The number of anilines is 1. The molecule has 2 heterocycles. The van der Waals surface area contributed by atoms with Crippen LogP contribution in [0.5, 0.6) is 0 Å². The van der Waals surface area contributed by atoms with E-state index in [4.69, 9.17) is 28.2 Å². The Morgan fingerprint density at radius 1 is 0.926 bits per heavy atom. The first-order valence-electron chi connectivity index (χ1n) is 8.60. The van der Waals surface area contributed by atoms with Gasteiger partial charge in [0.05, 0.1) is 0 Å². The third kappa shape index (κ3) is 4.07. The molecule has 0 spiro atoms. The van der Waals surface area contributed by atoms with Crippen LogP contribution in [0.2, 0.25) is 20.7 Å². The molecule has 0 N–H and O–H groups in total. The standard InChI is InChI=1S/C20H17Cl2N3OSe/c21-15-3-1-14(2-4-15)13-18-19(26)25(17-7-5-16(22)6-8-17)20(23-18)24-9-11-27-12-10-24/h1-8,13H,9-12H2/b18-13-. The van der Waals surface area contributed by atoms with Gasteiger partial charge in [-0.2, -0.15) is 0 Å². The molecule has 2 aliphatic heterocycles. The monoisotopic (exact) mass is 465 g/mol. The predicted molar refractivity (Wildman–Crippen MR) is 113 cm³/mol. The minimum atomic E-state index is -0.127. The molecule has 0 aromatic heterocycles. The van der Waals surface area contributed by atoms with Crippen LogP contribution in [0.1, 0.15) is 5.56 Å². The number of rotatable bonds is 2. The fourth-order valence-corrected chi connectivity index (χ4v) is 5.17. The number of hydrogen-bond donors (Lipinski definition) is 0. The third-order valence-electron chi connectivity index (χ3n) is 4.39. The second-order valence-corrected chi connectivity index (χ2v) is 9.65. The zero-order chi connectivity index (χ0) is 18.8. The van der Waals surface area contributed by atoms with Crippen LogP contribution in [0.25, 0.3) is 6.08 Å². The molecule has 1 saturated heterocycles. The van der Waals surface area contributed by atoms with Crippen molar-refractivity contribution in [2.75, 3.05) is 18.0 Å². The molecule has 7 heteroatoms. The molecule has 0 radical (unpaired) electrons. The first-order chi connectivity index (χ1) is 13.1. The van der Waals surface area contributed by atoms with Gasteiger partial charge in [-0.25, -0.2) is 0 Å². The summed E-state index contributed by atoms with van der Waals surface area (Å²) < 4.78 is 0. The number of benzene rings is 2. The average Bonchev–Trinajstić information content (AvgIpc) is 3.01. The summed E-state index contributed by atoms with van der Waals surface area (Å²) in [6, 6.07) is 14.7. The summed E-state index contributed by atoms with van der Waals surface area (Å²) >= 11 is 12.7. The van der Waals surface area contributed by atoms with Gasteiger partial charge in [-0.1, -0.05) is 0 Å². The van der Waals surface area contributed by atoms with Crippen LogP contribution in [0, 0.1) is 0 Å². The van der Waals surface area contributed by atoms with Gasteiger partial charge >= 0.3 is 175 Å². The molecule has 0 atom stereocenters. The van der Waals surface area contributed by atoms with Crippen LogP contribution >= 0.6 is 23.2 Å². The van der Waals surface area contributed by atoms with Gasteiger partial charge in [0.1, 0.15) is 0 Å². The molecule has 0 aliphatic carbocycles. The number of guanidine groups is 1. The molecule has 0 saturated carbocycles. The fraction of sp³-hybridized carbons (Fsp3) is 0.200. The van der Waals surface area contributed by atoms with Gasteiger partial charge in [0.2, 0.25) is 0 Å². The second-order valence-electron chi connectivity index (χ2n) is 6.21. The first kappa shape index (κ1) is 18.6. The molecule has 2 aliphatic rings. The minimum absolute atomic E-state index is 0.127. The number of hydrogen-bond acceptors (Lipinski definition) is 3. The van der Waals surface area contributed by atoms with Crippen molar-refractivity contribution in [2.45, 2.75) is 10.6 Å². The van der Waals surface area contributed by atoms with Gasteiger partial charge in [-0.3, -0.25) is 0 Å². The van der Waals surface area contributed by atoms with E-state index in [-0.39, 0.29) is 5.91 Å². The van der Waals surface area contributed by atoms with Crippen molar-refractivity contribution in [3.8, 4) is 0 Å². The molecule has 0 unspecified atom stereocenters. The predicted octanol–water partition coefficient (Wildman–Crippen LogP) is 4.59. The molecule has 2 aromatic rings. The Labute approximate surface area is 174 Å². The quantitative estimate of drug-likeness (QED) is 0.481. The number of halogens is 2. The molecule has 4 nitrogen and oxygen atoms in total. The van der Waals surface area contributed by atoms with Crippen molar-refractivity contribution in [3.05, 3.63) is 69.8 Å². The zero-order valence-corrected chi connectivity index (χ0v) is 17.7. The Bertz CT molecular complexity index is 904. The number of amides is 1. The molecule has 4 rings (SSSR count). The maximum atomic E-state index is 13.2. The van der Waals surface area contributed by atoms with Crippen molar-refractivity contribution in [1.29, 1.82) is 0 Å². The molecule has 138 valence electrons. The van der Waals surface area contributed by atoms with Crippen molar-refractivity contribution < 1.29 is 4.79 Å². The van der Waals surface area contributed by atoms with Crippen molar-refractivity contribution in [2.24, 2.45) is 4.99 Å². The zero-order valence-electron chi connectivity index (χ0n) is 14.4. The van der Waals surface area contributed by atoms with Crippen LogP contribution in [0.3, 0.4) is 0 Å². The number of aliphatic imine (C=N–C) groups is 1. The van der Waals surface area contributed by atoms with Crippen LogP contribution in [-0.4, -0.2) is 44.8 Å². The van der Waals surface area contributed by atoms with Gasteiger partial charge in [0.25, 0.3) is 0 Å². The summed E-state index contributed by atoms with van der Waals surface area (Å²) in [6.45, 7) is 1.87. The summed E-state index contributed by atoms with van der Waals surface area (Å²) in [4.78, 5) is 21.8. The maximum absolute atomic E-state index is 13.2. The van der Waals surface area contributed by atoms with Crippen LogP contribution < -0.4 is 4.90 Å². The Morgan fingerprint density at radius 3 is 2.15 bits per heavy atom.